The number of nitriles is 1. The molecule has 0 fully saturated rings. The number of halogens is 4. The number of esters is 1. The van der Waals surface area contributed by atoms with E-state index < -0.39 is 11.9 Å². The van der Waals surface area contributed by atoms with Crippen LogP contribution in [0.3, 0.4) is 0 Å². The SMILES string of the molecule is COC(=O)COc1c(Br)cc(/C=C(\C#N)C(=O)Nc2ccc(Cl)c(Cl)c2)cc1Br. The summed E-state index contributed by atoms with van der Waals surface area (Å²) >= 11 is 18.5. The first-order chi connectivity index (χ1) is 13.7. The van der Waals surface area contributed by atoms with Crippen LogP contribution in [0.25, 0.3) is 6.08 Å². The van der Waals surface area contributed by atoms with Gasteiger partial charge in [-0.15, -0.1) is 0 Å². The van der Waals surface area contributed by atoms with E-state index in [1.165, 1.54) is 25.3 Å². The van der Waals surface area contributed by atoms with Crippen molar-refractivity contribution in [1.29, 1.82) is 5.26 Å². The standard InChI is InChI=1S/C19H12Br2Cl2N2O4/c1-28-17(26)9-29-18-13(20)5-10(6-14(18)21)4-11(8-24)19(27)25-12-2-3-15(22)16(23)7-12/h2-7H,9H2,1H3,(H,25,27)/b11-4+. The van der Waals surface area contributed by atoms with Crippen LogP contribution in [0.5, 0.6) is 5.75 Å². The lowest BCUT2D eigenvalue weighted by molar-refractivity contribution is -0.142. The van der Waals surface area contributed by atoms with E-state index in [9.17, 15) is 14.9 Å². The van der Waals surface area contributed by atoms with Crippen LogP contribution >= 0.6 is 55.1 Å². The summed E-state index contributed by atoms with van der Waals surface area (Å²) in [7, 11) is 1.26. The van der Waals surface area contributed by atoms with Gasteiger partial charge in [0.2, 0.25) is 0 Å². The van der Waals surface area contributed by atoms with Gasteiger partial charge in [0.05, 0.1) is 26.1 Å². The molecular formula is C19H12Br2Cl2N2O4. The van der Waals surface area contributed by atoms with Gasteiger partial charge in [-0.25, -0.2) is 4.79 Å². The number of hydrogen-bond donors (Lipinski definition) is 1. The van der Waals surface area contributed by atoms with E-state index >= 15 is 0 Å². The third-order valence-corrected chi connectivity index (χ3v) is 5.35. The van der Waals surface area contributed by atoms with E-state index in [1.807, 2.05) is 6.07 Å². The van der Waals surface area contributed by atoms with Crippen molar-refractivity contribution in [3.05, 3.63) is 60.5 Å². The predicted molar refractivity (Wildman–Crippen MR) is 118 cm³/mol. The summed E-state index contributed by atoms with van der Waals surface area (Å²) in [5.74, 6) is -0.756. The second-order valence-electron chi connectivity index (χ2n) is 5.43. The summed E-state index contributed by atoms with van der Waals surface area (Å²) < 4.78 is 11.0. The molecule has 1 amide bonds. The number of hydrogen-bond acceptors (Lipinski definition) is 5. The van der Waals surface area contributed by atoms with Crippen LogP contribution < -0.4 is 10.1 Å². The first-order valence-corrected chi connectivity index (χ1v) is 10.2. The van der Waals surface area contributed by atoms with Gasteiger partial charge in [0.15, 0.2) is 6.61 Å². The first kappa shape index (κ1) is 23.2. The Balaban J connectivity index is 2.23. The lowest BCUT2D eigenvalue weighted by Crippen LogP contribution is -2.13. The Labute approximate surface area is 193 Å². The smallest absolute Gasteiger partial charge is 0.343 e. The average molecular weight is 563 g/mol. The van der Waals surface area contributed by atoms with Gasteiger partial charge in [0, 0.05) is 5.69 Å². The number of amides is 1. The van der Waals surface area contributed by atoms with Crippen molar-refractivity contribution < 1.29 is 19.1 Å². The highest BCUT2D eigenvalue weighted by atomic mass is 79.9. The molecular weight excluding hydrogens is 551 g/mol. The van der Waals surface area contributed by atoms with Crippen molar-refractivity contribution in [1.82, 2.24) is 0 Å². The molecule has 1 N–H and O–H groups in total. The highest BCUT2D eigenvalue weighted by Gasteiger charge is 2.14. The molecule has 2 rings (SSSR count). The summed E-state index contributed by atoms with van der Waals surface area (Å²) in [6, 6.07) is 9.74. The molecule has 2 aromatic carbocycles. The fourth-order valence-corrected chi connectivity index (χ4v) is 3.83. The van der Waals surface area contributed by atoms with Crippen molar-refractivity contribution in [2.24, 2.45) is 0 Å². The quantitative estimate of drug-likeness (QED) is 0.281. The second kappa shape index (κ2) is 10.6. The van der Waals surface area contributed by atoms with E-state index in [4.69, 9.17) is 27.9 Å². The normalized spacial score (nSPS) is 10.8. The van der Waals surface area contributed by atoms with Crippen molar-refractivity contribution in [3.63, 3.8) is 0 Å². The molecule has 0 atom stereocenters. The molecule has 0 aliphatic heterocycles. The molecule has 29 heavy (non-hydrogen) atoms. The van der Waals surface area contributed by atoms with Crippen LogP contribution in [0.4, 0.5) is 5.69 Å². The van der Waals surface area contributed by atoms with Gasteiger partial charge in [-0.05, 0) is 73.8 Å². The number of carbonyl (C=O) groups excluding carboxylic acids is 2. The predicted octanol–water partition coefficient (Wildman–Crippen LogP) is 5.62. The molecule has 0 aliphatic rings. The molecule has 0 spiro atoms. The molecule has 0 radical (unpaired) electrons. The van der Waals surface area contributed by atoms with E-state index in [0.717, 1.165) is 0 Å². The number of anilines is 1. The Hall–Kier alpha value is -2.05. The number of nitrogens with zero attached hydrogens (tertiary/aromatic N) is 1. The van der Waals surface area contributed by atoms with Crippen LogP contribution in [0.1, 0.15) is 5.56 Å². The Morgan fingerprint density at radius 2 is 1.83 bits per heavy atom. The molecule has 0 saturated heterocycles. The fourth-order valence-electron chi connectivity index (χ4n) is 2.08. The Morgan fingerprint density at radius 1 is 1.17 bits per heavy atom. The molecule has 0 bridgehead atoms. The van der Waals surface area contributed by atoms with Gasteiger partial charge in [0.1, 0.15) is 17.4 Å². The van der Waals surface area contributed by atoms with E-state index in [2.05, 4.69) is 41.9 Å². The fraction of sp³-hybridized carbons (Fsp3) is 0.105. The molecule has 150 valence electrons. The Morgan fingerprint density at radius 3 is 2.38 bits per heavy atom. The third kappa shape index (κ3) is 6.47. The zero-order valence-electron chi connectivity index (χ0n) is 14.8. The average Bonchev–Trinajstić information content (AvgIpc) is 2.67. The summed E-state index contributed by atoms with van der Waals surface area (Å²) in [6.45, 7) is -0.265. The number of nitrogens with one attached hydrogen (secondary N) is 1. The highest BCUT2D eigenvalue weighted by Crippen LogP contribution is 2.35. The molecule has 0 heterocycles. The summed E-state index contributed by atoms with van der Waals surface area (Å²) in [5, 5.41) is 12.6. The minimum Gasteiger partial charge on any atom is -0.480 e. The van der Waals surface area contributed by atoms with E-state index in [0.29, 0.717) is 31.0 Å². The van der Waals surface area contributed by atoms with Gasteiger partial charge in [-0.2, -0.15) is 5.26 Å². The van der Waals surface area contributed by atoms with Crippen molar-refractivity contribution >= 4 is 78.7 Å². The Bertz CT molecular complexity index is 1010. The maximum absolute atomic E-state index is 12.4. The topological polar surface area (TPSA) is 88.4 Å². The lowest BCUT2D eigenvalue weighted by Gasteiger charge is -2.10. The van der Waals surface area contributed by atoms with Gasteiger partial charge in [-0.3, -0.25) is 4.79 Å². The van der Waals surface area contributed by atoms with Crippen LogP contribution in [0.2, 0.25) is 10.0 Å². The summed E-state index contributed by atoms with van der Waals surface area (Å²) in [5.41, 5.74) is 0.826. The third-order valence-electron chi connectivity index (χ3n) is 3.44. The molecule has 0 aromatic heterocycles. The molecule has 6 nitrogen and oxygen atoms in total. The van der Waals surface area contributed by atoms with Crippen LogP contribution in [-0.2, 0) is 14.3 Å². The van der Waals surface area contributed by atoms with Crippen molar-refractivity contribution in [3.8, 4) is 11.8 Å². The number of carbonyl (C=O) groups is 2. The Kier molecular flexibility index (Phi) is 8.53. The number of benzene rings is 2. The van der Waals surface area contributed by atoms with E-state index in [-0.39, 0.29) is 17.2 Å². The molecule has 10 heteroatoms. The van der Waals surface area contributed by atoms with Crippen LogP contribution in [0, 0.1) is 11.3 Å². The highest BCUT2D eigenvalue weighted by molar-refractivity contribution is 9.11. The molecule has 0 saturated carbocycles. The van der Waals surface area contributed by atoms with E-state index in [1.54, 1.807) is 18.2 Å². The molecule has 0 aliphatic carbocycles. The minimum absolute atomic E-state index is 0.127. The largest absolute Gasteiger partial charge is 0.480 e. The zero-order chi connectivity index (χ0) is 21.6. The monoisotopic (exact) mass is 560 g/mol. The van der Waals surface area contributed by atoms with Crippen molar-refractivity contribution in [2.75, 3.05) is 19.0 Å². The van der Waals surface area contributed by atoms with Gasteiger partial charge in [0.25, 0.3) is 5.91 Å². The summed E-state index contributed by atoms with van der Waals surface area (Å²) in [6.07, 6.45) is 1.41. The summed E-state index contributed by atoms with van der Waals surface area (Å²) in [4.78, 5) is 23.7. The second-order valence-corrected chi connectivity index (χ2v) is 7.95. The van der Waals surface area contributed by atoms with Gasteiger partial charge < -0.3 is 14.8 Å². The van der Waals surface area contributed by atoms with Crippen molar-refractivity contribution in [2.45, 2.75) is 0 Å². The minimum atomic E-state index is -0.607. The molecule has 0 unspecified atom stereocenters. The van der Waals surface area contributed by atoms with Crippen LogP contribution in [0.15, 0.2) is 44.9 Å². The maximum atomic E-state index is 12.4. The maximum Gasteiger partial charge on any atom is 0.343 e. The zero-order valence-corrected chi connectivity index (χ0v) is 19.4. The van der Waals surface area contributed by atoms with Crippen LogP contribution in [-0.4, -0.2) is 25.6 Å². The lowest BCUT2D eigenvalue weighted by atomic mass is 10.1. The number of rotatable bonds is 6. The van der Waals surface area contributed by atoms with Gasteiger partial charge in [-0.1, -0.05) is 23.2 Å². The number of methoxy groups -OCH3 is 1. The first-order valence-electron chi connectivity index (χ1n) is 7.82. The number of ether oxygens (including phenoxy) is 2. The molecule has 2 aromatic rings. The van der Waals surface area contributed by atoms with Gasteiger partial charge >= 0.3 is 5.97 Å².